The maximum Gasteiger partial charge on any atom is 1.00 e. The molecule has 1 aliphatic heterocycles. The molecule has 1 nitrogen and oxygen atoms in total. The summed E-state index contributed by atoms with van der Waals surface area (Å²) in [4.78, 5) is 0. The summed E-state index contributed by atoms with van der Waals surface area (Å²) < 4.78 is 0. The van der Waals surface area contributed by atoms with E-state index in [-0.39, 0.29) is 18.9 Å². The van der Waals surface area contributed by atoms with Crippen molar-refractivity contribution in [2.24, 2.45) is 0 Å². The van der Waals surface area contributed by atoms with Crippen LogP contribution in [-0.2, 0) is 0 Å². The van der Waals surface area contributed by atoms with E-state index >= 15 is 0 Å². The van der Waals surface area contributed by atoms with Gasteiger partial charge in [-0.1, -0.05) is 84.6 Å². The van der Waals surface area contributed by atoms with Crippen molar-refractivity contribution in [2.75, 3.05) is 0 Å². The number of rotatable bonds is 2. The Labute approximate surface area is 121 Å². The van der Waals surface area contributed by atoms with E-state index in [9.17, 15) is 0 Å². The molecule has 0 spiro atoms. The van der Waals surface area contributed by atoms with E-state index < -0.39 is 0 Å². The molecule has 0 N–H and O–H groups in total. The molecule has 2 aromatic rings. The summed E-state index contributed by atoms with van der Waals surface area (Å²) in [5, 5.41) is 4.93. The number of hydrogen-bond donors (Lipinski definition) is 0. The molecule has 1 aliphatic rings. The molecule has 2 heteroatoms. The molecule has 0 saturated carbocycles. The van der Waals surface area contributed by atoms with Gasteiger partial charge in [0, 0.05) is 0 Å². The Hall–Kier alpha value is -1.00. The van der Waals surface area contributed by atoms with E-state index in [1.165, 1.54) is 24.0 Å². The molecule has 1 heterocycles. The maximum absolute atomic E-state index is 4.93. The van der Waals surface area contributed by atoms with Crippen LogP contribution in [0.3, 0.4) is 0 Å². The Kier molecular flexibility index (Phi) is 4.66. The molecule has 0 aliphatic carbocycles. The van der Waals surface area contributed by atoms with Crippen LogP contribution in [0.5, 0.6) is 0 Å². The molecule has 3 rings (SSSR count). The summed E-state index contributed by atoms with van der Waals surface area (Å²) in [6.45, 7) is 0. The summed E-state index contributed by atoms with van der Waals surface area (Å²) in [5.74, 6) is 0. The molecule has 0 aromatic heterocycles. The van der Waals surface area contributed by atoms with Crippen LogP contribution in [0.2, 0.25) is 0 Å². The van der Waals surface area contributed by atoms with Crippen molar-refractivity contribution in [3.05, 3.63) is 77.1 Å². The molecule has 0 unspecified atom stereocenters. The van der Waals surface area contributed by atoms with Crippen LogP contribution in [0.4, 0.5) is 0 Å². The Morgan fingerprint density at radius 1 is 0.667 bits per heavy atom. The first kappa shape index (κ1) is 13.4. The number of benzene rings is 2. The average Bonchev–Trinajstić information content (AvgIpc) is 2.90. The van der Waals surface area contributed by atoms with Crippen molar-refractivity contribution < 1.29 is 18.9 Å². The zero-order chi connectivity index (χ0) is 11.5. The van der Waals surface area contributed by atoms with Crippen molar-refractivity contribution in [3.63, 3.8) is 0 Å². The second-order valence-corrected chi connectivity index (χ2v) is 4.58. The van der Waals surface area contributed by atoms with Gasteiger partial charge >= 0.3 is 18.9 Å². The Balaban J connectivity index is 0.00000120. The maximum atomic E-state index is 4.93. The smallest absolute Gasteiger partial charge is 0.649 e. The van der Waals surface area contributed by atoms with E-state index in [1.807, 2.05) is 0 Å². The predicted molar refractivity (Wildman–Crippen MR) is 71.0 cm³/mol. The van der Waals surface area contributed by atoms with Gasteiger partial charge in [-0.15, -0.1) is 12.1 Å². The first-order chi connectivity index (χ1) is 8.43. The molecule has 86 valence electrons. The second-order valence-electron chi connectivity index (χ2n) is 4.58. The van der Waals surface area contributed by atoms with Crippen molar-refractivity contribution >= 4 is 0 Å². The fourth-order valence-electron chi connectivity index (χ4n) is 2.54. The molecule has 18 heavy (non-hydrogen) atoms. The molecule has 0 amide bonds. The number of hydrogen-bond acceptors (Lipinski definition) is 0. The van der Waals surface area contributed by atoms with Gasteiger partial charge in [0.2, 0.25) is 0 Å². The van der Waals surface area contributed by atoms with E-state index in [2.05, 4.69) is 60.7 Å². The molecular weight excluding hydrogens is 213 g/mol. The van der Waals surface area contributed by atoms with Crippen LogP contribution in [-0.4, -0.2) is 0 Å². The summed E-state index contributed by atoms with van der Waals surface area (Å²) >= 11 is 0. The van der Waals surface area contributed by atoms with Crippen LogP contribution < -0.4 is 18.9 Å². The van der Waals surface area contributed by atoms with Gasteiger partial charge in [-0.2, -0.15) is 0 Å². The predicted octanol–water partition coefficient (Wildman–Crippen LogP) is 1.64. The van der Waals surface area contributed by atoms with E-state index in [0.717, 1.165) is 0 Å². The van der Waals surface area contributed by atoms with Crippen LogP contribution in [0.15, 0.2) is 60.7 Å². The summed E-state index contributed by atoms with van der Waals surface area (Å²) in [6.07, 6.45) is 2.34. The first-order valence-corrected chi connectivity index (χ1v) is 6.23. The molecule has 1 saturated heterocycles. The van der Waals surface area contributed by atoms with Crippen LogP contribution in [0.25, 0.3) is 5.32 Å². The molecule has 0 bridgehead atoms. The van der Waals surface area contributed by atoms with Crippen molar-refractivity contribution in [3.8, 4) is 0 Å². The topological polar surface area (TPSA) is 14.1 Å². The van der Waals surface area contributed by atoms with Crippen molar-refractivity contribution in [1.29, 1.82) is 0 Å². The molecule has 0 radical (unpaired) electrons. The number of nitrogens with zero attached hydrogens (tertiary/aromatic N) is 1. The van der Waals surface area contributed by atoms with E-state index in [1.54, 1.807) is 0 Å². The minimum absolute atomic E-state index is 0. The molecule has 2 atom stereocenters. The fourth-order valence-corrected chi connectivity index (χ4v) is 2.54. The Bertz CT molecular complexity index is 423. The Morgan fingerprint density at radius 3 is 1.44 bits per heavy atom. The minimum atomic E-state index is 0. The monoisotopic (exact) mass is 229 g/mol. The molecule has 1 fully saturated rings. The third-order valence-corrected chi connectivity index (χ3v) is 3.44. The first-order valence-electron chi connectivity index (χ1n) is 6.23. The van der Waals surface area contributed by atoms with Crippen LogP contribution in [0.1, 0.15) is 36.1 Å². The summed E-state index contributed by atoms with van der Waals surface area (Å²) in [5.41, 5.74) is 2.71. The summed E-state index contributed by atoms with van der Waals surface area (Å²) in [6, 6.07) is 22.0. The van der Waals surface area contributed by atoms with Gasteiger partial charge in [0.15, 0.2) is 0 Å². The molecule has 2 aromatic carbocycles. The van der Waals surface area contributed by atoms with Gasteiger partial charge in [-0.25, -0.2) is 0 Å². The zero-order valence-corrected chi connectivity index (χ0v) is 10.8. The quantitative estimate of drug-likeness (QED) is 0.695. The zero-order valence-electron chi connectivity index (χ0n) is 10.8. The van der Waals surface area contributed by atoms with Gasteiger partial charge in [0.05, 0.1) is 0 Å². The average molecular weight is 229 g/mol. The fraction of sp³-hybridized carbons (Fsp3) is 0.250. The van der Waals surface area contributed by atoms with Gasteiger partial charge in [0.1, 0.15) is 0 Å². The van der Waals surface area contributed by atoms with Crippen molar-refractivity contribution in [2.45, 2.75) is 24.9 Å². The largest absolute Gasteiger partial charge is 1.00 e. The summed E-state index contributed by atoms with van der Waals surface area (Å²) in [7, 11) is 0. The molecular formula is C16H16LiN. The van der Waals surface area contributed by atoms with E-state index in [4.69, 9.17) is 5.32 Å². The van der Waals surface area contributed by atoms with Crippen LogP contribution in [0, 0.1) is 0 Å². The standard InChI is InChI=1S/C16H16N.Li/c1-3-7-13(8-4-1)15-11-12-16(17-15)14-9-5-2-6-10-14;/h1-10,15-16H,11-12H2;/q-1;+1/t15-,16-;/m0./s1. The van der Waals surface area contributed by atoms with E-state index in [0.29, 0.717) is 12.1 Å². The van der Waals surface area contributed by atoms with Crippen molar-refractivity contribution in [1.82, 2.24) is 0 Å². The minimum Gasteiger partial charge on any atom is -0.649 e. The van der Waals surface area contributed by atoms with Gasteiger partial charge in [0.25, 0.3) is 0 Å². The van der Waals surface area contributed by atoms with Gasteiger partial charge in [-0.3, -0.25) is 0 Å². The van der Waals surface area contributed by atoms with Gasteiger partial charge in [-0.05, 0) is 0 Å². The van der Waals surface area contributed by atoms with Gasteiger partial charge < -0.3 is 5.32 Å². The van der Waals surface area contributed by atoms with Crippen LogP contribution >= 0.6 is 0 Å². The SMILES string of the molecule is [Li+].c1ccc([C@@H]2CC[C@@H](c3ccccc3)[N-]2)cc1. The third kappa shape index (κ3) is 2.87. The normalized spacial score (nSPS) is 22.4. The second kappa shape index (κ2) is 6.25. The third-order valence-electron chi connectivity index (χ3n) is 3.44. The Morgan fingerprint density at radius 2 is 1.06 bits per heavy atom.